The van der Waals surface area contributed by atoms with Gasteiger partial charge in [0.1, 0.15) is 0 Å². The van der Waals surface area contributed by atoms with Crippen LogP contribution in [-0.4, -0.2) is 35.2 Å². The van der Waals surface area contributed by atoms with Crippen LogP contribution < -0.4 is 5.32 Å². The predicted molar refractivity (Wildman–Crippen MR) is 75.3 cm³/mol. The number of fused-ring (bicyclic) bond motifs is 1. The van der Waals surface area contributed by atoms with Gasteiger partial charge in [0.05, 0.1) is 23.0 Å². The number of alkyl halides is 1. The molecule has 0 spiro atoms. The van der Waals surface area contributed by atoms with E-state index in [0.717, 1.165) is 29.9 Å². The van der Waals surface area contributed by atoms with Crippen LogP contribution >= 0.6 is 11.6 Å². The number of hydrogen-bond donors (Lipinski definition) is 1. The van der Waals surface area contributed by atoms with Crippen LogP contribution in [0.4, 0.5) is 5.95 Å². The Morgan fingerprint density at radius 2 is 2.22 bits per heavy atom. The molecular formula is C13H18ClN3O. The zero-order chi connectivity index (χ0) is 13.0. The number of benzene rings is 1. The van der Waals surface area contributed by atoms with Crippen LogP contribution in [0.3, 0.4) is 0 Å². The summed E-state index contributed by atoms with van der Waals surface area (Å²) in [6, 6.07) is 8.08. The molecule has 1 unspecified atom stereocenters. The van der Waals surface area contributed by atoms with Gasteiger partial charge in [0.25, 0.3) is 0 Å². The Hall–Kier alpha value is -1.26. The van der Waals surface area contributed by atoms with Crippen molar-refractivity contribution in [2.75, 3.05) is 25.6 Å². The minimum absolute atomic E-state index is 0.0391. The van der Waals surface area contributed by atoms with Crippen molar-refractivity contribution in [1.29, 1.82) is 0 Å². The molecule has 1 aromatic carbocycles. The first-order valence-electron chi connectivity index (χ1n) is 6.00. The van der Waals surface area contributed by atoms with Crippen LogP contribution in [-0.2, 0) is 11.8 Å². The highest BCUT2D eigenvalue weighted by Gasteiger charge is 2.07. The van der Waals surface area contributed by atoms with Crippen molar-refractivity contribution in [2.24, 2.45) is 7.05 Å². The number of halogens is 1. The van der Waals surface area contributed by atoms with E-state index in [1.807, 2.05) is 25.2 Å². The minimum atomic E-state index is 0.0391. The smallest absolute Gasteiger partial charge is 0.203 e. The first-order valence-corrected chi connectivity index (χ1v) is 6.44. The second-order valence-corrected chi connectivity index (χ2v) is 4.87. The van der Waals surface area contributed by atoms with Gasteiger partial charge in [0, 0.05) is 20.7 Å². The summed E-state index contributed by atoms with van der Waals surface area (Å²) in [7, 11) is 3.67. The molecule has 0 radical (unpaired) electrons. The second kappa shape index (κ2) is 6.07. The Bertz CT molecular complexity index is 512. The molecule has 0 saturated heterocycles. The highest BCUT2D eigenvalue weighted by Crippen LogP contribution is 2.17. The second-order valence-electron chi connectivity index (χ2n) is 4.25. The average molecular weight is 268 g/mol. The fourth-order valence-electron chi connectivity index (χ4n) is 1.91. The third-order valence-corrected chi connectivity index (χ3v) is 3.22. The number of nitrogens with zero attached hydrogens (tertiary/aromatic N) is 2. The molecule has 1 N–H and O–H groups in total. The standard InChI is InChI=1S/C13H18ClN3O/c1-17-12-6-4-3-5-11(12)16-13(17)15-8-7-10(14)9-18-2/h3-6,10H,7-9H2,1-2H3,(H,15,16). The van der Waals surface area contributed by atoms with Gasteiger partial charge in [-0.25, -0.2) is 4.98 Å². The van der Waals surface area contributed by atoms with E-state index in [1.165, 1.54) is 0 Å². The molecule has 1 aromatic heterocycles. The molecule has 0 fully saturated rings. The number of hydrogen-bond acceptors (Lipinski definition) is 3. The van der Waals surface area contributed by atoms with Crippen molar-refractivity contribution >= 4 is 28.6 Å². The zero-order valence-corrected chi connectivity index (χ0v) is 11.4. The Morgan fingerprint density at radius 1 is 1.44 bits per heavy atom. The Balaban J connectivity index is 1.97. The lowest BCUT2D eigenvalue weighted by atomic mass is 10.3. The van der Waals surface area contributed by atoms with Gasteiger partial charge in [-0.15, -0.1) is 11.6 Å². The van der Waals surface area contributed by atoms with Crippen LogP contribution in [0.2, 0.25) is 0 Å². The largest absolute Gasteiger partial charge is 0.383 e. The van der Waals surface area contributed by atoms with Crippen molar-refractivity contribution in [2.45, 2.75) is 11.8 Å². The molecule has 0 aliphatic carbocycles. The maximum atomic E-state index is 6.07. The number of ether oxygens (including phenoxy) is 1. The van der Waals surface area contributed by atoms with Gasteiger partial charge in [0.2, 0.25) is 5.95 Å². The Morgan fingerprint density at radius 3 is 2.94 bits per heavy atom. The Labute approximate surface area is 112 Å². The topological polar surface area (TPSA) is 39.1 Å². The average Bonchev–Trinajstić information content (AvgIpc) is 2.68. The molecule has 2 rings (SSSR count). The first-order chi connectivity index (χ1) is 8.72. The third kappa shape index (κ3) is 2.94. The summed E-state index contributed by atoms with van der Waals surface area (Å²) in [6.07, 6.45) is 0.846. The maximum Gasteiger partial charge on any atom is 0.203 e. The SMILES string of the molecule is COCC(Cl)CCNc1nc2ccccc2n1C. The molecule has 0 saturated carbocycles. The number of aryl methyl sites for hydroxylation is 1. The lowest BCUT2D eigenvalue weighted by Gasteiger charge is -2.09. The van der Waals surface area contributed by atoms with Crippen LogP contribution in [0.15, 0.2) is 24.3 Å². The van der Waals surface area contributed by atoms with Crippen LogP contribution in [0.25, 0.3) is 11.0 Å². The fraction of sp³-hybridized carbons (Fsp3) is 0.462. The molecule has 98 valence electrons. The zero-order valence-electron chi connectivity index (χ0n) is 10.7. The van der Waals surface area contributed by atoms with Gasteiger partial charge in [-0.1, -0.05) is 12.1 Å². The van der Waals surface area contributed by atoms with E-state index in [2.05, 4.69) is 20.9 Å². The van der Waals surface area contributed by atoms with Gasteiger partial charge in [-0.3, -0.25) is 0 Å². The third-order valence-electron chi connectivity index (χ3n) is 2.88. The van der Waals surface area contributed by atoms with E-state index >= 15 is 0 Å². The summed E-state index contributed by atoms with van der Waals surface area (Å²) in [5.74, 6) is 0.873. The molecular weight excluding hydrogens is 250 g/mol. The van der Waals surface area contributed by atoms with Crippen molar-refractivity contribution in [3.63, 3.8) is 0 Å². The summed E-state index contributed by atoms with van der Waals surface area (Å²) in [5.41, 5.74) is 2.13. The molecule has 1 heterocycles. The monoisotopic (exact) mass is 267 g/mol. The number of aromatic nitrogens is 2. The molecule has 0 aliphatic heterocycles. The molecule has 2 aromatic rings. The van der Waals surface area contributed by atoms with E-state index in [4.69, 9.17) is 16.3 Å². The number of nitrogens with one attached hydrogen (secondary N) is 1. The quantitative estimate of drug-likeness (QED) is 0.818. The molecule has 1 atom stereocenters. The molecule has 0 bridgehead atoms. The number of anilines is 1. The van der Waals surface area contributed by atoms with E-state index < -0.39 is 0 Å². The maximum absolute atomic E-state index is 6.07. The number of methoxy groups -OCH3 is 1. The van der Waals surface area contributed by atoms with Gasteiger partial charge < -0.3 is 14.6 Å². The lowest BCUT2D eigenvalue weighted by molar-refractivity contribution is 0.196. The highest BCUT2D eigenvalue weighted by atomic mass is 35.5. The normalized spacial score (nSPS) is 12.8. The molecule has 4 nitrogen and oxygen atoms in total. The van der Waals surface area contributed by atoms with Crippen LogP contribution in [0.5, 0.6) is 0 Å². The van der Waals surface area contributed by atoms with E-state index in [0.29, 0.717) is 6.61 Å². The van der Waals surface area contributed by atoms with E-state index in [9.17, 15) is 0 Å². The van der Waals surface area contributed by atoms with E-state index in [-0.39, 0.29) is 5.38 Å². The summed E-state index contributed by atoms with van der Waals surface area (Å²) in [5, 5.41) is 3.34. The molecule has 0 aliphatic rings. The lowest BCUT2D eigenvalue weighted by Crippen LogP contribution is -2.14. The summed E-state index contributed by atoms with van der Waals surface area (Å²) < 4.78 is 7.05. The van der Waals surface area contributed by atoms with Crippen molar-refractivity contribution in [3.05, 3.63) is 24.3 Å². The number of rotatable bonds is 6. The van der Waals surface area contributed by atoms with Gasteiger partial charge in [-0.2, -0.15) is 0 Å². The fourth-order valence-corrected chi connectivity index (χ4v) is 2.14. The van der Waals surface area contributed by atoms with Crippen molar-refractivity contribution in [3.8, 4) is 0 Å². The van der Waals surface area contributed by atoms with Gasteiger partial charge >= 0.3 is 0 Å². The molecule has 18 heavy (non-hydrogen) atoms. The van der Waals surface area contributed by atoms with Gasteiger partial charge in [-0.05, 0) is 18.6 Å². The highest BCUT2D eigenvalue weighted by molar-refractivity contribution is 6.20. The number of imidazole rings is 1. The van der Waals surface area contributed by atoms with E-state index in [1.54, 1.807) is 7.11 Å². The first kappa shape index (κ1) is 13.2. The van der Waals surface area contributed by atoms with Crippen LogP contribution in [0.1, 0.15) is 6.42 Å². The summed E-state index contributed by atoms with van der Waals surface area (Å²) in [4.78, 5) is 4.53. The summed E-state index contributed by atoms with van der Waals surface area (Å²) in [6.45, 7) is 1.36. The molecule has 0 amide bonds. The van der Waals surface area contributed by atoms with Gasteiger partial charge in [0.15, 0.2) is 0 Å². The Kier molecular flexibility index (Phi) is 4.44. The van der Waals surface area contributed by atoms with Crippen molar-refractivity contribution < 1.29 is 4.74 Å². The summed E-state index contributed by atoms with van der Waals surface area (Å²) >= 11 is 6.07. The predicted octanol–water partition coefficient (Wildman–Crippen LogP) is 2.63. The minimum Gasteiger partial charge on any atom is -0.383 e. The number of para-hydroxylation sites is 2. The van der Waals surface area contributed by atoms with Crippen molar-refractivity contribution in [1.82, 2.24) is 9.55 Å². The van der Waals surface area contributed by atoms with Crippen LogP contribution in [0, 0.1) is 0 Å². The molecule has 5 heteroatoms.